The van der Waals surface area contributed by atoms with E-state index in [-0.39, 0.29) is 13.2 Å². The van der Waals surface area contributed by atoms with Gasteiger partial charge in [-0.2, -0.15) is 0 Å². The molecule has 21 heavy (non-hydrogen) atoms. The van der Waals surface area contributed by atoms with Crippen LogP contribution in [0.3, 0.4) is 0 Å². The van der Waals surface area contributed by atoms with Crippen LogP contribution < -0.4 is 16.2 Å². The van der Waals surface area contributed by atoms with Gasteiger partial charge in [-0.1, -0.05) is 0 Å². The first kappa shape index (κ1) is 18.2. The van der Waals surface area contributed by atoms with Crippen molar-refractivity contribution in [3.05, 3.63) is 0 Å². The molecule has 0 aromatic rings. The minimum absolute atomic E-state index is 0.291. The normalized spacial score (nSPS) is 34.6. The van der Waals surface area contributed by atoms with E-state index >= 15 is 0 Å². The highest BCUT2D eigenvalue weighted by Gasteiger charge is 2.50. The molecule has 0 bridgehead atoms. The zero-order valence-corrected chi connectivity index (χ0v) is 11.9. The zero-order chi connectivity index (χ0) is 16.0. The summed E-state index contributed by atoms with van der Waals surface area (Å²) in [5.74, 6) is -3.38. The van der Waals surface area contributed by atoms with Gasteiger partial charge in [0.25, 0.3) is 0 Å². The number of carboxylic acid groups (broad SMARTS) is 1. The predicted molar refractivity (Wildman–Crippen MR) is 66.1 cm³/mol. The van der Waals surface area contributed by atoms with Crippen molar-refractivity contribution in [2.75, 3.05) is 19.7 Å². The number of carbonyl (C=O) groups is 1. The van der Waals surface area contributed by atoms with Crippen LogP contribution in [0.15, 0.2) is 0 Å². The number of carbonyl (C=O) groups excluding carboxylic acids is 1. The lowest BCUT2D eigenvalue weighted by Crippen LogP contribution is -2.97. The molecule has 1 heterocycles. The number of aliphatic hydroxyl groups is 4. The summed E-state index contributed by atoms with van der Waals surface area (Å²) < 4.78 is 4.96. The Kier molecular flexibility index (Phi) is 6.94. The van der Waals surface area contributed by atoms with Gasteiger partial charge in [0.1, 0.15) is 30.9 Å². The maximum Gasteiger partial charge on any atom is 0.245 e. The summed E-state index contributed by atoms with van der Waals surface area (Å²) in [6.07, 6.45) is -2.79. The number of nitrogens with two attached hydrogens (primary N) is 1. The Hall–Kier alpha value is -0.810. The van der Waals surface area contributed by atoms with Crippen molar-refractivity contribution in [3.63, 3.8) is 0 Å². The molecule has 0 radical (unpaired) electrons. The second-order valence-corrected chi connectivity index (χ2v) is 5.37. The Morgan fingerprint density at radius 3 is 2.67 bits per heavy atom. The smallest absolute Gasteiger partial charge is 0.245 e. The lowest BCUT2D eigenvalue weighted by Gasteiger charge is -2.40. The maximum absolute atomic E-state index is 11.0. The number of rotatable bonds is 8. The topological polar surface area (TPSA) is 175 Å². The van der Waals surface area contributed by atoms with Crippen LogP contribution in [0.2, 0.25) is 0 Å². The third-order valence-corrected chi connectivity index (χ3v) is 3.70. The van der Waals surface area contributed by atoms with Crippen molar-refractivity contribution in [2.45, 2.75) is 49.4 Å². The third-order valence-electron chi connectivity index (χ3n) is 3.70. The number of unbranched alkanes of at least 4 members (excludes halogenated alkanes) is 1. The number of hydrogen-bond acceptors (Lipinski definition) is 7. The highest BCUT2D eigenvalue weighted by molar-refractivity contribution is 5.69. The Bertz CT molecular complexity index is 344. The monoisotopic (exact) mass is 309 g/mol. The lowest BCUT2D eigenvalue weighted by atomic mass is 9.96. The van der Waals surface area contributed by atoms with E-state index in [2.05, 4.69) is 5.73 Å². The molecule has 9 heteroatoms. The molecule has 5 atom stereocenters. The van der Waals surface area contributed by atoms with Crippen molar-refractivity contribution >= 4 is 5.97 Å². The molecule has 0 aromatic heterocycles. The molecule has 1 rings (SSSR count). The Labute approximate surface area is 122 Å². The van der Waals surface area contributed by atoms with E-state index in [1.54, 1.807) is 0 Å². The summed E-state index contributed by atoms with van der Waals surface area (Å²) in [4.78, 5) is 11.0. The fraction of sp³-hybridized carbons (Fsp3) is 0.917. The van der Waals surface area contributed by atoms with Gasteiger partial charge in [-0.05, 0) is 12.8 Å². The van der Waals surface area contributed by atoms with Gasteiger partial charge in [0.2, 0.25) is 5.79 Å². The number of aliphatic hydroxyl groups excluding tert-OH is 3. The van der Waals surface area contributed by atoms with Gasteiger partial charge < -0.3 is 46.1 Å². The van der Waals surface area contributed by atoms with E-state index < -0.39 is 36.1 Å². The van der Waals surface area contributed by atoms with Gasteiger partial charge in [-0.25, -0.2) is 0 Å². The van der Waals surface area contributed by atoms with Crippen molar-refractivity contribution in [1.82, 2.24) is 0 Å². The molecule has 1 aliphatic rings. The van der Waals surface area contributed by atoms with E-state index in [0.717, 1.165) is 6.42 Å². The second-order valence-electron chi connectivity index (χ2n) is 5.37. The summed E-state index contributed by atoms with van der Waals surface area (Å²) in [6.45, 7) is 0.0661. The summed E-state index contributed by atoms with van der Waals surface area (Å²) in [7, 11) is 0. The third kappa shape index (κ3) is 4.85. The summed E-state index contributed by atoms with van der Waals surface area (Å²) in [5.41, 5.74) is 3.67. The van der Waals surface area contributed by atoms with E-state index in [1.807, 2.05) is 0 Å². The lowest BCUT2D eigenvalue weighted by molar-refractivity contribution is -0.706. The highest BCUT2D eigenvalue weighted by Crippen LogP contribution is 2.22. The molecule has 1 fully saturated rings. The first-order chi connectivity index (χ1) is 9.81. The SMILES string of the molecule is [NH3+]CCCC[C@H]([NH2+]C[C@@]1(O)OC[C@@H](O)[C@@H](O)[C@@H]1O)C(=O)[O-]. The Balaban J connectivity index is 2.55. The van der Waals surface area contributed by atoms with Gasteiger partial charge in [-0.15, -0.1) is 0 Å². The molecular weight excluding hydrogens is 284 g/mol. The van der Waals surface area contributed by atoms with Crippen LogP contribution in [-0.2, 0) is 9.53 Å². The average molecular weight is 309 g/mol. The minimum atomic E-state index is -2.11. The van der Waals surface area contributed by atoms with Gasteiger partial charge >= 0.3 is 0 Å². The fourth-order valence-electron chi connectivity index (χ4n) is 2.25. The van der Waals surface area contributed by atoms with Gasteiger partial charge in [0, 0.05) is 6.42 Å². The molecule has 1 aliphatic heterocycles. The quantitative estimate of drug-likeness (QED) is 0.242. The van der Waals surface area contributed by atoms with Gasteiger partial charge in [0.15, 0.2) is 0 Å². The molecule has 0 aliphatic carbocycles. The summed E-state index contributed by atoms with van der Waals surface area (Å²) >= 11 is 0. The van der Waals surface area contributed by atoms with Crippen LogP contribution in [-0.4, -0.2) is 76.2 Å². The van der Waals surface area contributed by atoms with E-state index in [4.69, 9.17) is 4.74 Å². The van der Waals surface area contributed by atoms with Gasteiger partial charge in [0.05, 0.1) is 19.1 Å². The van der Waals surface area contributed by atoms with Crippen molar-refractivity contribution < 1.29 is 46.1 Å². The van der Waals surface area contributed by atoms with E-state index in [0.29, 0.717) is 19.4 Å². The summed E-state index contributed by atoms with van der Waals surface area (Å²) in [6, 6.07) is -0.889. The van der Waals surface area contributed by atoms with Crippen LogP contribution in [0.25, 0.3) is 0 Å². The van der Waals surface area contributed by atoms with Gasteiger partial charge in [-0.3, -0.25) is 0 Å². The molecule has 0 unspecified atom stereocenters. The standard InChI is InChI=1S/C12H24N2O7/c13-4-2-1-3-7(11(18)19)14-6-12(20)10(17)9(16)8(15)5-21-12/h7-10,14-17,20H,1-6,13H2,(H,18,19)/p+1/t7-,8+,9+,10-,12+/m0/s1. The number of ether oxygens (including phenoxy) is 1. The molecule has 0 aromatic carbocycles. The van der Waals surface area contributed by atoms with Crippen LogP contribution in [0.4, 0.5) is 0 Å². The van der Waals surface area contributed by atoms with Crippen LogP contribution in [0, 0.1) is 0 Å². The number of carboxylic acids is 1. The molecule has 0 amide bonds. The van der Waals surface area contributed by atoms with Crippen LogP contribution in [0.5, 0.6) is 0 Å². The van der Waals surface area contributed by atoms with Crippen molar-refractivity contribution in [3.8, 4) is 0 Å². The maximum atomic E-state index is 11.0. The fourth-order valence-corrected chi connectivity index (χ4v) is 2.25. The zero-order valence-electron chi connectivity index (χ0n) is 11.9. The van der Waals surface area contributed by atoms with Crippen molar-refractivity contribution in [1.29, 1.82) is 0 Å². The molecule has 9 N–H and O–H groups in total. The minimum Gasteiger partial charge on any atom is -0.544 e. The second kappa shape index (κ2) is 7.99. The highest BCUT2D eigenvalue weighted by atomic mass is 16.6. The van der Waals surface area contributed by atoms with E-state index in [1.165, 1.54) is 5.32 Å². The molecule has 9 nitrogen and oxygen atoms in total. The number of hydrogen-bond donors (Lipinski definition) is 6. The number of quaternary nitrogens is 2. The molecule has 0 spiro atoms. The largest absolute Gasteiger partial charge is 0.544 e. The predicted octanol–water partition coefficient (Wildman–Crippen LogP) is -6.12. The number of aliphatic carboxylic acids is 1. The molecular formula is C12H25N2O7+. The molecule has 1 saturated heterocycles. The molecule has 0 saturated carbocycles. The average Bonchev–Trinajstić information content (AvgIpc) is 2.45. The van der Waals surface area contributed by atoms with Crippen LogP contribution >= 0.6 is 0 Å². The first-order valence-corrected chi connectivity index (χ1v) is 7.05. The summed E-state index contributed by atoms with van der Waals surface area (Å²) in [5, 5.41) is 51.1. The molecule has 124 valence electrons. The first-order valence-electron chi connectivity index (χ1n) is 7.05. The van der Waals surface area contributed by atoms with Crippen LogP contribution in [0.1, 0.15) is 19.3 Å². The Morgan fingerprint density at radius 2 is 2.10 bits per heavy atom. The Morgan fingerprint density at radius 1 is 1.43 bits per heavy atom. The van der Waals surface area contributed by atoms with E-state index in [9.17, 15) is 30.3 Å². The van der Waals surface area contributed by atoms with Crippen molar-refractivity contribution in [2.24, 2.45) is 0 Å².